The maximum Gasteiger partial charge on any atom is 0.308 e. The minimum absolute atomic E-state index is 0.0220. The van der Waals surface area contributed by atoms with Crippen LogP contribution in [0, 0.1) is 0 Å². The van der Waals surface area contributed by atoms with Crippen molar-refractivity contribution in [2.45, 2.75) is 12.5 Å². The second-order valence-corrected chi connectivity index (χ2v) is 4.70. The molecule has 1 aromatic rings. The highest BCUT2D eigenvalue weighted by Crippen LogP contribution is 2.29. The molecule has 1 unspecified atom stereocenters. The molecule has 0 spiro atoms. The predicted octanol–water partition coefficient (Wildman–Crippen LogP) is 0.502. The van der Waals surface area contributed by atoms with Crippen LogP contribution in [0.5, 0.6) is 11.5 Å². The molecule has 0 saturated carbocycles. The Bertz CT molecular complexity index is 544. The maximum atomic E-state index is 12.4. The van der Waals surface area contributed by atoms with Crippen molar-refractivity contribution in [2.75, 3.05) is 26.8 Å². The number of morpholine rings is 1. The zero-order chi connectivity index (χ0) is 15.4. The number of hydrogen-bond acceptors (Lipinski definition) is 6. The Hall–Kier alpha value is -2.28. The molecule has 1 heterocycles. The number of methoxy groups -OCH3 is 1. The molecule has 1 atom stereocenters. The van der Waals surface area contributed by atoms with Crippen molar-refractivity contribution in [1.82, 2.24) is 4.90 Å². The van der Waals surface area contributed by atoms with Crippen LogP contribution in [0.4, 0.5) is 0 Å². The van der Waals surface area contributed by atoms with Gasteiger partial charge in [-0.2, -0.15) is 0 Å². The number of ether oxygens (including phenoxy) is 2. The molecule has 0 radical (unpaired) electrons. The molecular formula is C14H17NO6. The standard InChI is InChI=1S/C14H17NO6/c1-20-12(17)7-9-8-15(5-6-21-9)14(19)10-3-2-4-11(16)13(10)18/h2-4,9,16,18H,5-8H2,1H3. The second-order valence-electron chi connectivity index (χ2n) is 4.70. The lowest BCUT2D eigenvalue weighted by Gasteiger charge is -2.32. The zero-order valence-electron chi connectivity index (χ0n) is 11.6. The molecule has 1 aliphatic heterocycles. The fourth-order valence-electron chi connectivity index (χ4n) is 2.17. The Kier molecular flexibility index (Phi) is 4.64. The van der Waals surface area contributed by atoms with Crippen LogP contribution >= 0.6 is 0 Å². The van der Waals surface area contributed by atoms with Crippen molar-refractivity contribution >= 4 is 11.9 Å². The van der Waals surface area contributed by atoms with E-state index in [-0.39, 0.29) is 24.3 Å². The summed E-state index contributed by atoms with van der Waals surface area (Å²) in [6.45, 7) is 0.877. The number of para-hydroxylation sites is 1. The predicted molar refractivity (Wildman–Crippen MR) is 72.0 cm³/mol. The molecule has 0 bridgehead atoms. The summed E-state index contributed by atoms with van der Waals surface area (Å²) in [4.78, 5) is 25.1. The van der Waals surface area contributed by atoms with Crippen molar-refractivity contribution in [1.29, 1.82) is 0 Å². The number of benzene rings is 1. The number of amides is 1. The Balaban J connectivity index is 2.08. The molecule has 7 heteroatoms. The van der Waals surface area contributed by atoms with E-state index in [4.69, 9.17) is 4.74 Å². The fourth-order valence-corrected chi connectivity index (χ4v) is 2.17. The normalized spacial score (nSPS) is 18.3. The van der Waals surface area contributed by atoms with Crippen LogP contribution in [0.15, 0.2) is 18.2 Å². The lowest BCUT2D eigenvalue weighted by Crippen LogP contribution is -2.46. The summed E-state index contributed by atoms with van der Waals surface area (Å²) in [7, 11) is 1.29. The van der Waals surface area contributed by atoms with Gasteiger partial charge in [-0.1, -0.05) is 6.07 Å². The van der Waals surface area contributed by atoms with Crippen molar-refractivity contribution in [3.05, 3.63) is 23.8 Å². The van der Waals surface area contributed by atoms with Gasteiger partial charge in [0, 0.05) is 13.1 Å². The van der Waals surface area contributed by atoms with Crippen LogP contribution < -0.4 is 0 Å². The first-order valence-electron chi connectivity index (χ1n) is 6.51. The molecule has 7 nitrogen and oxygen atoms in total. The maximum absolute atomic E-state index is 12.4. The van der Waals surface area contributed by atoms with E-state index in [1.807, 2.05) is 0 Å². The van der Waals surface area contributed by atoms with Gasteiger partial charge in [-0.05, 0) is 12.1 Å². The number of rotatable bonds is 3. The third-order valence-corrected chi connectivity index (χ3v) is 3.29. The van der Waals surface area contributed by atoms with Crippen molar-refractivity contribution in [2.24, 2.45) is 0 Å². The molecule has 1 aromatic carbocycles. The fraction of sp³-hybridized carbons (Fsp3) is 0.429. The monoisotopic (exact) mass is 295 g/mol. The molecule has 114 valence electrons. The summed E-state index contributed by atoms with van der Waals surface area (Å²) in [5, 5.41) is 19.2. The SMILES string of the molecule is COC(=O)CC1CN(C(=O)c2cccc(O)c2O)CCO1. The summed E-state index contributed by atoms with van der Waals surface area (Å²) >= 11 is 0. The van der Waals surface area contributed by atoms with E-state index in [2.05, 4.69) is 4.74 Å². The van der Waals surface area contributed by atoms with Gasteiger partial charge < -0.3 is 24.6 Å². The van der Waals surface area contributed by atoms with Gasteiger partial charge in [-0.25, -0.2) is 0 Å². The summed E-state index contributed by atoms with van der Waals surface area (Å²) in [5.74, 6) is -1.62. The zero-order valence-corrected chi connectivity index (χ0v) is 11.6. The van der Waals surface area contributed by atoms with Gasteiger partial charge in [0.05, 0.1) is 31.8 Å². The molecule has 1 fully saturated rings. The van der Waals surface area contributed by atoms with E-state index >= 15 is 0 Å². The molecule has 0 aliphatic carbocycles. The number of esters is 1. The third-order valence-electron chi connectivity index (χ3n) is 3.29. The topological polar surface area (TPSA) is 96.3 Å². The van der Waals surface area contributed by atoms with Gasteiger partial charge in [0.2, 0.25) is 0 Å². The van der Waals surface area contributed by atoms with E-state index in [0.717, 1.165) is 0 Å². The van der Waals surface area contributed by atoms with Crippen molar-refractivity contribution in [3.8, 4) is 11.5 Å². The van der Waals surface area contributed by atoms with E-state index in [0.29, 0.717) is 13.2 Å². The second kappa shape index (κ2) is 6.45. The van der Waals surface area contributed by atoms with Crippen LogP contribution in [-0.4, -0.2) is 59.9 Å². The third kappa shape index (κ3) is 3.43. The highest BCUT2D eigenvalue weighted by Gasteiger charge is 2.28. The number of phenolic OH excluding ortho intramolecular Hbond substituents is 2. The Labute approximate surface area is 121 Å². The lowest BCUT2D eigenvalue weighted by molar-refractivity contribution is -0.145. The van der Waals surface area contributed by atoms with Gasteiger partial charge in [0.1, 0.15) is 0 Å². The van der Waals surface area contributed by atoms with Crippen LogP contribution in [0.25, 0.3) is 0 Å². The molecule has 0 aromatic heterocycles. The highest BCUT2D eigenvalue weighted by molar-refractivity contribution is 5.97. The average Bonchev–Trinajstić information content (AvgIpc) is 2.49. The summed E-state index contributed by atoms with van der Waals surface area (Å²) in [6, 6.07) is 4.21. The quantitative estimate of drug-likeness (QED) is 0.623. The van der Waals surface area contributed by atoms with Crippen molar-refractivity contribution < 1.29 is 29.3 Å². The minimum Gasteiger partial charge on any atom is -0.504 e. The first-order chi connectivity index (χ1) is 10.0. The first kappa shape index (κ1) is 15.1. The average molecular weight is 295 g/mol. The largest absolute Gasteiger partial charge is 0.504 e. The van der Waals surface area contributed by atoms with Gasteiger partial charge in [-0.15, -0.1) is 0 Å². The van der Waals surface area contributed by atoms with E-state index in [1.165, 1.54) is 30.2 Å². The molecule has 2 N–H and O–H groups in total. The molecule has 1 saturated heterocycles. The van der Waals surface area contributed by atoms with Crippen LogP contribution in [0.2, 0.25) is 0 Å². The first-order valence-corrected chi connectivity index (χ1v) is 6.51. The molecule has 2 rings (SSSR count). The van der Waals surface area contributed by atoms with Crippen molar-refractivity contribution in [3.63, 3.8) is 0 Å². The Morgan fingerprint density at radius 3 is 2.90 bits per heavy atom. The number of carbonyl (C=O) groups is 2. The van der Waals surface area contributed by atoms with E-state index in [1.54, 1.807) is 0 Å². The number of nitrogens with zero attached hydrogens (tertiary/aromatic N) is 1. The highest BCUT2D eigenvalue weighted by atomic mass is 16.5. The summed E-state index contributed by atoms with van der Waals surface area (Å²) in [6.07, 6.45) is -0.374. The van der Waals surface area contributed by atoms with Gasteiger partial charge in [0.15, 0.2) is 11.5 Å². The van der Waals surface area contributed by atoms with Gasteiger partial charge >= 0.3 is 5.97 Å². The van der Waals surface area contributed by atoms with Crippen LogP contribution in [0.1, 0.15) is 16.8 Å². The number of hydrogen-bond donors (Lipinski definition) is 2. The Morgan fingerprint density at radius 2 is 2.19 bits per heavy atom. The molecule has 1 aliphatic rings. The molecule has 1 amide bonds. The lowest BCUT2D eigenvalue weighted by atomic mass is 10.1. The Morgan fingerprint density at radius 1 is 1.43 bits per heavy atom. The van der Waals surface area contributed by atoms with Gasteiger partial charge in [0.25, 0.3) is 5.91 Å². The molecular weight excluding hydrogens is 278 g/mol. The van der Waals surface area contributed by atoms with E-state index < -0.39 is 23.7 Å². The van der Waals surface area contributed by atoms with E-state index in [9.17, 15) is 19.8 Å². The van der Waals surface area contributed by atoms with Gasteiger partial charge in [-0.3, -0.25) is 9.59 Å². The number of carbonyl (C=O) groups excluding carboxylic acids is 2. The summed E-state index contributed by atoms with van der Waals surface area (Å²) in [5.41, 5.74) is 0.0220. The summed E-state index contributed by atoms with van der Waals surface area (Å²) < 4.78 is 9.99. The van der Waals surface area contributed by atoms with Crippen LogP contribution in [0.3, 0.4) is 0 Å². The number of phenols is 2. The minimum atomic E-state index is -0.446. The molecule has 21 heavy (non-hydrogen) atoms. The van der Waals surface area contributed by atoms with Crippen LogP contribution in [-0.2, 0) is 14.3 Å². The number of aromatic hydroxyl groups is 2. The smallest absolute Gasteiger partial charge is 0.308 e.